The third kappa shape index (κ3) is 4.04. The molecule has 1 unspecified atom stereocenters. The summed E-state index contributed by atoms with van der Waals surface area (Å²) in [6, 6.07) is 6.25. The Morgan fingerprint density at radius 2 is 2.12 bits per heavy atom. The van der Waals surface area contributed by atoms with Gasteiger partial charge in [0, 0.05) is 17.8 Å². The van der Waals surface area contributed by atoms with Gasteiger partial charge in [0.15, 0.2) is 11.4 Å². The lowest BCUT2D eigenvalue weighted by Gasteiger charge is -2.18. The van der Waals surface area contributed by atoms with Gasteiger partial charge in [-0.25, -0.2) is 14.3 Å². The summed E-state index contributed by atoms with van der Waals surface area (Å²) in [5, 5.41) is 34.6. The van der Waals surface area contributed by atoms with Crippen molar-refractivity contribution in [3.8, 4) is 11.4 Å². The van der Waals surface area contributed by atoms with E-state index >= 15 is 0 Å². The van der Waals surface area contributed by atoms with E-state index in [1.165, 1.54) is 0 Å². The van der Waals surface area contributed by atoms with Gasteiger partial charge in [0.2, 0.25) is 0 Å². The Labute approximate surface area is 137 Å². The van der Waals surface area contributed by atoms with E-state index in [2.05, 4.69) is 26.2 Å². The van der Waals surface area contributed by atoms with E-state index in [-0.39, 0.29) is 0 Å². The number of urea groups is 1. The molecule has 1 atom stereocenters. The van der Waals surface area contributed by atoms with E-state index in [1.54, 1.807) is 28.9 Å². The molecular weight excluding hydrogens is 316 g/mol. The predicted molar refractivity (Wildman–Crippen MR) is 84.2 cm³/mol. The maximum atomic E-state index is 11.8. The SMILES string of the molecule is CCn1nnnc1-c1cccc(NC(=O)NCC(C)(O)C(=O)O)c1. The van der Waals surface area contributed by atoms with Crippen LogP contribution in [0, 0.1) is 0 Å². The molecule has 0 aliphatic rings. The molecule has 4 N–H and O–H groups in total. The van der Waals surface area contributed by atoms with Crippen molar-refractivity contribution >= 4 is 17.7 Å². The van der Waals surface area contributed by atoms with Crippen LogP contribution in [-0.2, 0) is 11.3 Å². The molecule has 0 aliphatic carbocycles. The zero-order valence-electron chi connectivity index (χ0n) is 13.2. The molecule has 1 aromatic heterocycles. The minimum Gasteiger partial charge on any atom is -0.479 e. The Bertz CT molecular complexity index is 742. The van der Waals surface area contributed by atoms with E-state index in [0.717, 1.165) is 12.5 Å². The fraction of sp³-hybridized carbons (Fsp3) is 0.357. The van der Waals surface area contributed by atoms with Crippen LogP contribution in [0.3, 0.4) is 0 Å². The Morgan fingerprint density at radius 3 is 2.79 bits per heavy atom. The molecule has 0 radical (unpaired) electrons. The maximum absolute atomic E-state index is 11.8. The van der Waals surface area contributed by atoms with Crippen molar-refractivity contribution in [3.05, 3.63) is 24.3 Å². The number of carboxylic acids is 1. The fourth-order valence-electron chi connectivity index (χ4n) is 1.86. The molecule has 0 fully saturated rings. The third-order valence-electron chi connectivity index (χ3n) is 3.26. The highest BCUT2D eigenvalue weighted by Gasteiger charge is 2.30. The lowest BCUT2D eigenvalue weighted by molar-refractivity contribution is -0.155. The Hall–Kier alpha value is -3.01. The average molecular weight is 334 g/mol. The Balaban J connectivity index is 2.05. The first kappa shape index (κ1) is 17.3. The number of aliphatic hydroxyl groups is 1. The molecule has 2 aromatic rings. The second-order valence-corrected chi connectivity index (χ2v) is 5.29. The number of carbonyl (C=O) groups is 2. The van der Waals surface area contributed by atoms with Gasteiger partial charge in [0.05, 0.1) is 6.54 Å². The number of aliphatic carboxylic acids is 1. The minimum absolute atomic E-state index is 0.429. The molecule has 128 valence electrons. The first-order chi connectivity index (χ1) is 11.3. The van der Waals surface area contributed by atoms with Gasteiger partial charge in [-0.05, 0) is 36.4 Å². The topological polar surface area (TPSA) is 142 Å². The zero-order valence-corrected chi connectivity index (χ0v) is 13.2. The molecule has 0 spiro atoms. The Morgan fingerprint density at radius 1 is 1.38 bits per heavy atom. The van der Waals surface area contributed by atoms with Crippen LogP contribution in [0.4, 0.5) is 10.5 Å². The van der Waals surface area contributed by atoms with E-state index in [0.29, 0.717) is 18.1 Å². The van der Waals surface area contributed by atoms with Gasteiger partial charge in [-0.3, -0.25) is 0 Å². The number of carbonyl (C=O) groups excluding carboxylic acids is 1. The van der Waals surface area contributed by atoms with Crippen molar-refractivity contribution in [2.45, 2.75) is 26.0 Å². The summed E-state index contributed by atoms with van der Waals surface area (Å²) in [7, 11) is 0. The number of rotatable bonds is 6. The van der Waals surface area contributed by atoms with Gasteiger partial charge in [0.25, 0.3) is 0 Å². The fourth-order valence-corrected chi connectivity index (χ4v) is 1.86. The number of hydrogen-bond acceptors (Lipinski definition) is 6. The van der Waals surface area contributed by atoms with Gasteiger partial charge in [-0.1, -0.05) is 12.1 Å². The largest absolute Gasteiger partial charge is 0.479 e. The normalized spacial score (nSPS) is 13.1. The highest BCUT2D eigenvalue weighted by Crippen LogP contribution is 2.20. The van der Waals surface area contributed by atoms with Crippen LogP contribution < -0.4 is 10.6 Å². The summed E-state index contributed by atoms with van der Waals surface area (Å²) >= 11 is 0. The second-order valence-electron chi connectivity index (χ2n) is 5.29. The number of aromatic nitrogens is 4. The third-order valence-corrected chi connectivity index (χ3v) is 3.26. The number of amides is 2. The average Bonchev–Trinajstić information content (AvgIpc) is 3.02. The van der Waals surface area contributed by atoms with E-state index in [4.69, 9.17) is 5.11 Å². The molecule has 1 aromatic carbocycles. The first-order valence-corrected chi connectivity index (χ1v) is 7.20. The van der Waals surface area contributed by atoms with Crippen LogP contribution >= 0.6 is 0 Å². The molecular formula is C14H18N6O4. The zero-order chi connectivity index (χ0) is 17.7. The summed E-state index contributed by atoms with van der Waals surface area (Å²) in [4.78, 5) is 22.6. The number of nitrogens with one attached hydrogen (secondary N) is 2. The van der Waals surface area contributed by atoms with Crippen molar-refractivity contribution in [1.29, 1.82) is 0 Å². The molecule has 10 heteroatoms. The second kappa shape index (κ2) is 7.04. The monoisotopic (exact) mass is 334 g/mol. The van der Waals surface area contributed by atoms with Gasteiger partial charge < -0.3 is 20.8 Å². The standard InChI is InChI=1S/C14H18N6O4/c1-3-20-11(17-18-19-20)9-5-4-6-10(7-9)16-13(23)15-8-14(2,24)12(21)22/h4-7,24H,3,8H2,1-2H3,(H,21,22)(H2,15,16,23). The number of benzene rings is 1. The highest BCUT2D eigenvalue weighted by molar-refractivity contribution is 5.90. The van der Waals surface area contributed by atoms with Crippen LogP contribution in [0.15, 0.2) is 24.3 Å². The lowest BCUT2D eigenvalue weighted by atomic mass is 10.1. The van der Waals surface area contributed by atoms with Crippen LogP contribution in [0.2, 0.25) is 0 Å². The number of anilines is 1. The van der Waals surface area contributed by atoms with E-state index < -0.39 is 24.1 Å². The van der Waals surface area contributed by atoms with Crippen LogP contribution in [0.5, 0.6) is 0 Å². The summed E-state index contributed by atoms with van der Waals surface area (Å²) in [5.74, 6) is -0.855. The number of hydrogen-bond donors (Lipinski definition) is 4. The summed E-state index contributed by atoms with van der Waals surface area (Å²) in [6.45, 7) is 3.18. The molecule has 10 nitrogen and oxygen atoms in total. The van der Waals surface area contributed by atoms with Crippen molar-refractivity contribution in [2.24, 2.45) is 0 Å². The molecule has 0 saturated carbocycles. The maximum Gasteiger partial charge on any atom is 0.337 e. The Kier molecular flexibility index (Phi) is 5.09. The van der Waals surface area contributed by atoms with Crippen LogP contribution in [-0.4, -0.2) is 54.6 Å². The first-order valence-electron chi connectivity index (χ1n) is 7.20. The smallest absolute Gasteiger partial charge is 0.337 e. The van der Waals surface area contributed by atoms with Crippen LogP contribution in [0.25, 0.3) is 11.4 Å². The van der Waals surface area contributed by atoms with E-state index in [9.17, 15) is 14.7 Å². The number of aryl methyl sites for hydroxylation is 1. The van der Waals surface area contributed by atoms with Gasteiger partial charge in [-0.15, -0.1) is 5.10 Å². The predicted octanol–water partition coefficient (Wildman–Crippen LogP) is 0.317. The minimum atomic E-state index is -2.04. The number of carboxylic acid groups (broad SMARTS) is 1. The summed E-state index contributed by atoms with van der Waals surface area (Å²) in [6.07, 6.45) is 0. The van der Waals surface area contributed by atoms with E-state index in [1.807, 2.05) is 6.92 Å². The molecule has 0 bridgehead atoms. The van der Waals surface area contributed by atoms with Crippen molar-refractivity contribution < 1.29 is 19.8 Å². The molecule has 0 saturated heterocycles. The molecule has 24 heavy (non-hydrogen) atoms. The molecule has 2 rings (SSSR count). The number of tetrazole rings is 1. The van der Waals surface area contributed by atoms with Crippen molar-refractivity contribution in [3.63, 3.8) is 0 Å². The number of nitrogens with zero attached hydrogens (tertiary/aromatic N) is 4. The van der Waals surface area contributed by atoms with Crippen molar-refractivity contribution in [2.75, 3.05) is 11.9 Å². The van der Waals surface area contributed by atoms with Gasteiger partial charge in [-0.2, -0.15) is 0 Å². The molecule has 1 heterocycles. The highest BCUT2D eigenvalue weighted by atomic mass is 16.4. The summed E-state index contributed by atoms with van der Waals surface area (Å²) < 4.78 is 1.61. The van der Waals surface area contributed by atoms with Crippen LogP contribution in [0.1, 0.15) is 13.8 Å². The molecule has 0 aliphatic heterocycles. The summed E-state index contributed by atoms with van der Waals surface area (Å²) in [5.41, 5.74) is -0.842. The van der Waals surface area contributed by atoms with Crippen molar-refractivity contribution in [1.82, 2.24) is 25.5 Å². The quantitative estimate of drug-likeness (QED) is 0.595. The van der Waals surface area contributed by atoms with Gasteiger partial charge in [0.1, 0.15) is 0 Å². The molecule has 2 amide bonds. The van der Waals surface area contributed by atoms with Gasteiger partial charge >= 0.3 is 12.0 Å². The lowest BCUT2D eigenvalue weighted by Crippen LogP contribution is -2.47.